The van der Waals surface area contributed by atoms with Gasteiger partial charge in [-0.3, -0.25) is 4.79 Å². The number of benzene rings is 1. The number of hydrogen-bond donors (Lipinski definition) is 1. The molecule has 0 radical (unpaired) electrons. The van der Waals surface area contributed by atoms with Crippen LogP contribution in [-0.2, 0) is 10.0 Å². The highest BCUT2D eigenvalue weighted by molar-refractivity contribution is 7.89. The lowest BCUT2D eigenvalue weighted by atomic mass is 10.1. The molecule has 1 saturated heterocycles. The van der Waals surface area contributed by atoms with E-state index in [1.54, 1.807) is 4.90 Å². The van der Waals surface area contributed by atoms with Gasteiger partial charge in [-0.2, -0.15) is 0 Å². The first kappa shape index (κ1) is 15.9. The van der Waals surface area contributed by atoms with Crippen LogP contribution in [0.4, 0.5) is 4.39 Å². The summed E-state index contributed by atoms with van der Waals surface area (Å²) in [6.45, 7) is 4.76. The van der Waals surface area contributed by atoms with Crippen LogP contribution in [0.25, 0.3) is 0 Å². The van der Waals surface area contributed by atoms with Crippen molar-refractivity contribution in [3.8, 4) is 0 Å². The minimum absolute atomic E-state index is 0.0655. The van der Waals surface area contributed by atoms with Crippen molar-refractivity contribution in [1.29, 1.82) is 0 Å². The van der Waals surface area contributed by atoms with Crippen molar-refractivity contribution >= 4 is 15.9 Å². The molecule has 1 heterocycles. The van der Waals surface area contributed by atoms with Gasteiger partial charge in [-0.15, -0.1) is 0 Å². The number of amides is 1. The van der Waals surface area contributed by atoms with Crippen molar-refractivity contribution in [2.24, 2.45) is 11.1 Å². The van der Waals surface area contributed by atoms with E-state index in [0.29, 0.717) is 19.0 Å². The number of carbonyl (C=O) groups excluding carboxylic acids is 1. The number of carbonyl (C=O) groups is 1. The van der Waals surface area contributed by atoms with Crippen molar-refractivity contribution in [2.45, 2.75) is 31.6 Å². The zero-order chi connectivity index (χ0) is 15.8. The van der Waals surface area contributed by atoms with E-state index in [0.717, 1.165) is 25.0 Å². The summed E-state index contributed by atoms with van der Waals surface area (Å²) in [5.41, 5.74) is 0.264. The monoisotopic (exact) mass is 314 g/mol. The van der Waals surface area contributed by atoms with Crippen LogP contribution in [0.1, 0.15) is 35.7 Å². The van der Waals surface area contributed by atoms with Gasteiger partial charge in [0, 0.05) is 18.7 Å². The van der Waals surface area contributed by atoms with Gasteiger partial charge in [0.15, 0.2) is 0 Å². The molecule has 2 rings (SSSR count). The van der Waals surface area contributed by atoms with Gasteiger partial charge in [0.25, 0.3) is 5.91 Å². The Balaban J connectivity index is 2.41. The Labute approximate surface area is 124 Å². The maximum Gasteiger partial charge on any atom is 0.254 e. The maximum atomic E-state index is 13.6. The third-order valence-corrected chi connectivity index (χ3v) is 5.05. The van der Waals surface area contributed by atoms with Gasteiger partial charge in [-0.05, 0) is 37.0 Å². The molecule has 0 saturated carbocycles. The van der Waals surface area contributed by atoms with E-state index in [1.165, 1.54) is 6.92 Å². The number of primary sulfonamides is 1. The summed E-state index contributed by atoms with van der Waals surface area (Å²) >= 11 is 0. The molecule has 1 fully saturated rings. The zero-order valence-electron chi connectivity index (χ0n) is 12.1. The van der Waals surface area contributed by atoms with Crippen molar-refractivity contribution in [3.05, 3.63) is 29.1 Å². The molecule has 1 amide bonds. The molecule has 21 heavy (non-hydrogen) atoms. The van der Waals surface area contributed by atoms with Crippen LogP contribution in [0.3, 0.4) is 0 Å². The molecular formula is C14H19FN2O3S. The van der Waals surface area contributed by atoms with Crippen LogP contribution in [0.15, 0.2) is 17.0 Å². The number of rotatable bonds is 3. The summed E-state index contributed by atoms with van der Waals surface area (Å²) < 4.78 is 36.6. The molecule has 1 aliphatic heterocycles. The average Bonchev–Trinajstić information content (AvgIpc) is 2.87. The second-order valence-electron chi connectivity index (χ2n) is 5.44. The predicted octanol–water partition coefficient (Wildman–Crippen LogP) is 1.65. The van der Waals surface area contributed by atoms with Crippen molar-refractivity contribution < 1.29 is 17.6 Å². The summed E-state index contributed by atoms with van der Waals surface area (Å²) in [7, 11) is -4.06. The topological polar surface area (TPSA) is 80.5 Å². The van der Waals surface area contributed by atoms with Gasteiger partial charge in [-0.25, -0.2) is 17.9 Å². The Morgan fingerprint density at radius 3 is 2.67 bits per heavy atom. The fourth-order valence-electron chi connectivity index (χ4n) is 2.69. The third-order valence-electron chi connectivity index (χ3n) is 4.01. The van der Waals surface area contributed by atoms with Gasteiger partial charge < -0.3 is 4.90 Å². The van der Waals surface area contributed by atoms with Crippen LogP contribution >= 0.6 is 0 Å². The van der Waals surface area contributed by atoms with Crippen LogP contribution < -0.4 is 5.14 Å². The van der Waals surface area contributed by atoms with E-state index in [2.05, 4.69) is 6.92 Å². The largest absolute Gasteiger partial charge is 0.338 e. The van der Waals surface area contributed by atoms with Crippen molar-refractivity contribution in [3.63, 3.8) is 0 Å². The Morgan fingerprint density at radius 1 is 1.48 bits per heavy atom. The van der Waals surface area contributed by atoms with E-state index < -0.39 is 15.8 Å². The molecule has 1 aromatic carbocycles. The summed E-state index contributed by atoms with van der Waals surface area (Å²) in [5, 5.41) is 5.07. The number of nitrogens with zero attached hydrogens (tertiary/aromatic N) is 1. The van der Waals surface area contributed by atoms with E-state index in [-0.39, 0.29) is 21.9 Å². The van der Waals surface area contributed by atoms with Crippen molar-refractivity contribution in [1.82, 2.24) is 4.90 Å². The first-order chi connectivity index (χ1) is 9.74. The summed E-state index contributed by atoms with van der Waals surface area (Å²) in [5.74, 6) is -0.674. The zero-order valence-corrected chi connectivity index (χ0v) is 12.9. The van der Waals surface area contributed by atoms with E-state index >= 15 is 0 Å². The van der Waals surface area contributed by atoms with Gasteiger partial charge in [0.05, 0.1) is 4.90 Å². The first-order valence-corrected chi connectivity index (χ1v) is 8.41. The minimum atomic E-state index is -4.06. The van der Waals surface area contributed by atoms with Gasteiger partial charge in [0.2, 0.25) is 10.0 Å². The SMILES string of the molecule is CCC1CCN(C(=O)c2cc(F)cc(S(N)(=O)=O)c2C)C1. The highest BCUT2D eigenvalue weighted by Gasteiger charge is 2.28. The Morgan fingerprint density at radius 2 is 2.14 bits per heavy atom. The number of halogens is 1. The Kier molecular flexibility index (Phi) is 4.34. The maximum absolute atomic E-state index is 13.6. The van der Waals surface area contributed by atoms with Gasteiger partial charge in [0.1, 0.15) is 5.82 Å². The van der Waals surface area contributed by atoms with Crippen LogP contribution in [0, 0.1) is 18.7 Å². The number of sulfonamides is 1. The fourth-order valence-corrected chi connectivity index (χ4v) is 3.51. The second-order valence-corrected chi connectivity index (χ2v) is 6.97. The number of nitrogens with two attached hydrogens (primary N) is 1. The Hall–Kier alpha value is -1.47. The van der Waals surface area contributed by atoms with Crippen LogP contribution in [-0.4, -0.2) is 32.3 Å². The van der Waals surface area contributed by atoms with E-state index in [9.17, 15) is 17.6 Å². The lowest BCUT2D eigenvalue weighted by Crippen LogP contribution is -2.30. The second kappa shape index (κ2) is 5.73. The van der Waals surface area contributed by atoms with Gasteiger partial charge in [-0.1, -0.05) is 13.3 Å². The molecule has 2 N–H and O–H groups in total. The molecule has 0 spiro atoms. The lowest BCUT2D eigenvalue weighted by molar-refractivity contribution is 0.0785. The molecule has 116 valence electrons. The normalized spacial score (nSPS) is 19.0. The molecular weight excluding hydrogens is 295 g/mol. The average molecular weight is 314 g/mol. The molecule has 0 aliphatic carbocycles. The van der Waals surface area contributed by atoms with E-state index in [4.69, 9.17) is 5.14 Å². The van der Waals surface area contributed by atoms with Gasteiger partial charge >= 0.3 is 0 Å². The first-order valence-electron chi connectivity index (χ1n) is 6.86. The fraction of sp³-hybridized carbons (Fsp3) is 0.500. The van der Waals surface area contributed by atoms with Crippen LogP contribution in [0.5, 0.6) is 0 Å². The third kappa shape index (κ3) is 3.24. The summed E-state index contributed by atoms with van der Waals surface area (Å²) in [6.07, 6.45) is 1.90. The molecule has 1 aromatic rings. The highest BCUT2D eigenvalue weighted by Crippen LogP contribution is 2.25. The molecule has 1 atom stereocenters. The molecule has 1 unspecified atom stereocenters. The molecule has 7 heteroatoms. The van der Waals surface area contributed by atoms with Crippen molar-refractivity contribution in [2.75, 3.05) is 13.1 Å². The lowest BCUT2D eigenvalue weighted by Gasteiger charge is -2.18. The Bertz CT molecular complexity index is 673. The predicted molar refractivity (Wildman–Crippen MR) is 76.8 cm³/mol. The highest BCUT2D eigenvalue weighted by atomic mass is 32.2. The molecule has 5 nitrogen and oxygen atoms in total. The molecule has 1 aliphatic rings. The minimum Gasteiger partial charge on any atom is -0.338 e. The number of hydrogen-bond acceptors (Lipinski definition) is 3. The van der Waals surface area contributed by atoms with E-state index in [1.807, 2.05) is 0 Å². The quantitative estimate of drug-likeness (QED) is 0.921. The molecule has 0 aromatic heterocycles. The smallest absolute Gasteiger partial charge is 0.254 e. The summed E-state index contributed by atoms with van der Waals surface area (Å²) in [4.78, 5) is 13.8. The summed E-state index contributed by atoms with van der Waals surface area (Å²) in [6, 6.07) is 1.92. The standard InChI is InChI=1S/C14H19FN2O3S/c1-3-10-4-5-17(8-10)14(18)12-6-11(15)7-13(9(12)2)21(16,19)20/h6-7,10H,3-5,8H2,1-2H3,(H2,16,19,20). The van der Waals surface area contributed by atoms with Crippen LogP contribution in [0.2, 0.25) is 0 Å². The number of likely N-dealkylation sites (tertiary alicyclic amines) is 1. The molecule has 0 bridgehead atoms.